The fourth-order valence-corrected chi connectivity index (χ4v) is 4.58. The molecule has 1 atom stereocenters. The van der Waals surface area contributed by atoms with Gasteiger partial charge in [-0.05, 0) is 48.2 Å². The maximum atomic E-state index is 12.9. The molecule has 2 aromatic carbocycles. The molecular formula is C22H21BrN4O6. The highest BCUT2D eigenvalue weighted by Gasteiger charge is 2.27. The zero-order valence-corrected chi connectivity index (χ0v) is 19.0. The van der Waals surface area contributed by atoms with Gasteiger partial charge >= 0.3 is 17.1 Å². The van der Waals surface area contributed by atoms with Crippen LogP contribution in [0.25, 0.3) is 11.0 Å². The number of hydrogen-bond donors (Lipinski definition) is 4. The molecule has 0 radical (unpaired) electrons. The van der Waals surface area contributed by atoms with Gasteiger partial charge in [-0.15, -0.1) is 0 Å². The van der Waals surface area contributed by atoms with Crippen LogP contribution in [-0.2, 0) is 22.6 Å². The van der Waals surface area contributed by atoms with E-state index in [1.165, 1.54) is 4.57 Å². The Balaban J connectivity index is 1.62. The Morgan fingerprint density at radius 3 is 2.79 bits per heavy atom. The van der Waals surface area contributed by atoms with E-state index in [1.807, 2.05) is 6.07 Å². The lowest BCUT2D eigenvalue weighted by Gasteiger charge is -2.27. The van der Waals surface area contributed by atoms with Crippen LogP contribution >= 0.6 is 15.9 Å². The zero-order valence-electron chi connectivity index (χ0n) is 17.4. The molecule has 1 aromatic heterocycles. The number of nitrogens with one attached hydrogen (secondary N) is 2. The first-order valence-electron chi connectivity index (χ1n) is 10.2. The molecule has 0 fully saturated rings. The number of carbonyl (C=O) groups excluding carboxylic acids is 1. The second-order valence-corrected chi connectivity index (χ2v) is 8.67. The number of carboxylic acids is 1. The molecule has 3 aromatic rings. The second kappa shape index (κ2) is 9.20. The van der Waals surface area contributed by atoms with E-state index in [1.54, 1.807) is 24.3 Å². The van der Waals surface area contributed by atoms with Crippen LogP contribution < -0.4 is 26.9 Å². The van der Waals surface area contributed by atoms with Gasteiger partial charge in [0.1, 0.15) is 5.75 Å². The van der Waals surface area contributed by atoms with Crippen molar-refractivity contribution in [3.63, 3.8) is 0 Å². The number of aryl methyl sites for hydroxylation is 1. The van der Waals surface area contributed by atoms with E-state index >= 15 is 0 Å². The van der Waals surface area contributed by atoms with E-state index in [0.717, 1.165) is 10.0 Å². The van der Waals surface area contributed by atoms with Crippen molar-refractivity contribution in [1.29, 1.82) is 0 Å². The highest BCUT2D eigenvalue weighted by molar-refractivity contribution is 9.10. The van der Waals surface area contributed by atoms with E-state index in [9.17, 15) is 19.2 Å². The van der Waals surface area contributed by atoms with Crippen molar-refractivity contribution >= 4 is 44.5 Å². The average Bonchev–Trinajstić information content (AvgIpc) is 2.77. The molecule has 33 heavy (non-hydrogen) atoms. The van der Waals surface area contributed by atoms with E-state index in [0.29, 0.717) is 35.1 Å². The lowest BCUT2D eigenvalue weighted by molar-refractivity contribution is -0.139. The predicted octanol–water partition coefficient (Wildman–Crippen LogP) is 1.89. The fraction of sp³-hybridized carbons (Fsp3) is 0.273. The summed E-state index contributed by atoms with van der Waals surface area (Å²) in [5.41, 5.74) is 7.23. The number of carbonyl (C=O) groups is 2. The Labute approximate surface area is 195 Å². The molecular weight excluding hydrogens is 496 g/mol. The van der Waals surface area contributed by atoms with E-state index in [-0.39, 0.29) is 18.7 Å². The van der Waals surface area contributed by atoms with Crippen LogP contribution in [-0.4, -0.2) is 33.1 Å². The van der Waals surface area contributed by atoms with E-state index < -0.39 is 35.6 Å². The molecule has 172 valence electrons. The summed E-state index contributed by atoms with van der Waals surface area (Å²) in [6.07, 6.45) is 1.09. The molecule has 11 heteroatoms. The molecule has 0 saturated carbocycles. The zero-order chi connectivity index (χ0) is 23.7. The van der Waals surface area contributed by atoms with Gasteiger partial charge < -0.3 is 25.9 Å². The number of nitrogens with two attached hydrogens (primary N) is 1. The van der Waals surface area contributed by atoms with Gasteiger partial charge in [0.15, 0.2) is 6.61 Å². The molecule has 5 N–H and O–H groups in total. The standard InChI is InChI=1S/C22H21BrN4O6/c23-13-6-12-2-3-14(27-20(12)16(7-13)26-21(31)22(27)32)8-18(28)25-15-4-1-11(9-24)5-17(15)33-10-19(29)30/h1,4-7,14H,2-3,8-10,24H2,(H,25,28)(H,26,31)(H,29,30)/t14-/m0/s1. The number of nitrogens with zero attached hydrogens (tertiary/aromatic N) is 1. The van der Waals surface area contributed by atoms with Gasteiger partial charge in [-0.3, -0.25) is 19.0 Å². The number of rotatable bonds is 7. The molecule has 1 aliphatic rings. The van der Waals surface area contributed by atoms with Gasteiger partial charge in [-0.2, -0.15) is 0 Å². The Morgan fingerprint density at radius 2 is 2.06 bits per heavy atom. The monoisotopic (exact) mass is 516 g/mol. The molecule has 2 heterocycles. The SMILES string of the molecule is NCc1ccc(NC(=O)C[C@@H]2CCc3cc(Br)cc4[nH]c(=O)c(=O)n2c34)c(OCC(=O)O)c1. The number of hydrogen-bond acceptors (Lipinski definition) is 6. The molecule has 4 rings (SSSR count). The number of aliphatic carboxylic acids is 1. The van der Waals surface area contributed by atoms with Gasteiger partial charge in [0.2, 0.25) is 5.91 Å². The summed E-state index contributed by atoms with van der Waals surface area (Å²) in [5.74, 6) is -1.37. The number of carboxylic acid groups (broad SMARTS) is 1. The molecule has 0 bridgehead atoms. The molecule has 1 amide bonds. The van der Waals surface area contributed by atoms with Gasteiger partial charge in [-0.25, -0.2) is 4.79 Å². The van der Waals surface area contributed by atoms with Crippen LogP contribution in [0.3, 0.4) is 0 Å². The first-order chi connectivity index (χ1) is 15.8. The summed E-state index contributed by atoms with van der Waals surface area (Å²) in [4.78, 5) is 51.3. The minimum atomic E-state index is -1.16. The fourth-order valence-electron chi connectivity index (χ4n) is 4.08. The number of anilines is 1. The van der Waals surface area contributed by atoms with Crippen molar-refractivity contribution in [2.75, 3.05) is 11.9 Å². The van der Waals surface area contributed by atoms with Crippen molar-refractivity contribution < 1.29 is 19.4 Å². The molecule has 0 spiro atoms. The van der Waals surface area contributed by atoms with Gasteiger partial charge in [0, 0.05) is 23.5 Å². The minimum absolute atomic E-state index is 0.0506. The Morgan fingerprint density at radius 1 is 1.27 bits per heavy atom. The highest BCUT2D eigenvalue weighted by Crippen LogP contribution is 2.33. The number of benzene rings is 2. The summed E-state index contributed by atoms with van der Waals surface area (Å²) in [5, 5.41) is 11.6. The third-order valence-electron chi connectivity index (χ3n) is 5.50. The largest absolute Gasteiger partial charge is 0.480 e. The van der Waals surface area contributed by atoms with Crippen molar-refractivity contribution in [2.24, 2.45) is 5.73 Å². The molecule has 10 nitrogen and oxygen atoms in total. The summed E-state index contributed by atoms with van der Waals surface area (Å²) >= 11 is 3.42. The summed E-state index contributed by atoms with van der Waals surface area (Å²) in [6.45, 7) is -0.358. The highest BCUT2D eigenvalue weighted by atomic mass is 79.9. The Hall–Kier alpha value is -3.44. The number of H-pyrrole nitrogens is 1. The molecule has 0 unspecified atom stereocenters. The topological polar surface area (TPSA) is 157 Å². The van der Waals surface area contributed by atoms with E-state index in [2.05, 4.69) is 26.2 Å². The van der Waals surface area contributed by atoms with Crippen molar-refractivity contribution in [1.82, 2.24) is 9.55 Å². The number of aromatic amines is 1. The van der Waals surface area contributed by atoms with Gasteiger partial charge in [0.25, 0.3) is 0 Å². The Kier molecular flexibility index (Phi) is 6.34. The van der Waals surface area contributed by atoms with E-state index in [4.69, 9.17) is 15.6 Å². The lowest BCUT2D eigenvalue weighted by Crippen LogP contribution is -2.41. The Bertz CT molecular complexity index is 1380. The third kappa shape index (κ3) is 4.69. The van der Waals surface area contributed by atoms with Crippen molar-refractivity contribution in [3.8, 4) is 5.75 Å². The maximum Gasteiger partial charge on any atom is 0.341 e. The van der Waals surface area contributed by atoms with Gasteiger partial charge in [0.05, 0.1) is 16.7 Å². The van der Waals surface area contributed by atoms with Crippen LogP contribution in [0.4, 0.5) is 5.69 Å². The van der Waals surface area contributed by atoms with Crippen LogP contribution in [0.1, 0.15) is 30.0 Å². The normalized spacial score (nSPS) is 14.8. The number of halogens is 1. The third-order valence-corrected chi connectivity index (χ3v) is 5.95. The summed E-state index contributed by atoms with van der Waals surface area (Å²) in [6, 6.07) is 7.97. The smallest absolute Gasteiger partial charge is 0.341 e. The lowest BCUT2D eigenvalue weighted by atomic mass is 9.96. The average molecular weight is 517 g/mol. The molecule has 0 saturated heterocycles. The number of aromatic nitrogens is 2. The first-order valence-corrected chi connectivity index (χ1v) is 11.0. The van der Waals surface area contributed by atoms with Crippen LogP contribution in [0.5, 0.6) is 5.75 Å². The summed E-state index contributed by atoms with van der Waals surface area (Å²) in [7, 11) is 0. The van der Waals surface area contributed by atoms with Crippen LogP contribution in [0.15, 0.2) is 44.4 Å². The number of amides is 1. The maximum absolute atomic E-state index is 12.9. The molecule has 1 aliphatic heterocycles. The predicted molar refractivity (Wildman–Crippen MR) is 125 cm³/mol. The summed E-state index contributed by atoms with van der Waals surface area (Å²) < 4.78 is 7.49. The van der Waals surface area contributed by atoms with Gasteiger partial charge in [-0.1, -0.05) is 22.0 Å². The van der Waals surface area contributed by atoms with Crippen LogP contribution in [0, 0.1) is 0 Å². The van der Waals surface area contributed by atoms with Crippen molar-refractivity contribution in [2.45, 2.75) is 31.8 Å². The second-order valence-electron chi connectivity index (χ2n) is 7.75. The number of ether oxygens (including phenoxy) is 1. The quantitative estimate of drug-likeness (QED) is 0.349. The molecule has 0 aliphatic carbocycles. The first kappa shape index (κ1) is 22.7. The van der Waals surface area contributed by atoms with Crippen LogP contribution in [0.2, 0.25) is 0 Å². The minimum Gasteiger partial charge on any atom is -0.480 e. The van der Waals surface area contributed by atoms with Crippen molar-refractivity contribution in [3.05, 3.63) is 66.6 Å².